The summed E-state index contributed by atoms with van der Waals surface area (Å²) in [5.74, 6) is 0.580. The third-order valence-corrected chi connectivity index (χ3v) is 1.92. The largest absolute Gasteiger partial charge is 0.577 e. The average Bonchev–Trinajstić information content (AvgIpc) is 2.13. The van der Waals surface area contributed by atoms with Gasteiger partial charge >= 0.3 is 0 Å². The molecule has 0 bridgehead atoms. The van der Waals surface area contributed by atoms with Gasteiger partial charge in [0, 0.05) is 44.0 Å². The van der Waals surface area contributed by atoms with Crippen LogP contribution in [-0.4, -0.2) is 16.7 Å². The first-order valence-electron chi connectivity index (χ1n) is 3.85. The molecule has 0 atom stereocenters. The number of anilines is 1. The molecule has 0 aliphatic heterocycles. The summed E-state index contributed by atoms with van der Waals surface area (Å²) in [6, 6.07) is 0. The number of rotatable bonds is 3. The van der Waals surface area contributed by atoms with Gasteiger partial charge in [0.1, 0.15) is 5.82 Å². The van der Waals surface area contributed by atoms with Gasteiger partial charge in [-0.05, 0) is 25.4 Å². The molecule has 6 heteroatoms. The Hall–Kier alpha value is -0.316. The van der Waals surface area contributed by atoms with Crippen molar-refractivity contribution in [2.45, 2.75) is 13.8 Å². The summed E-state index contributed by atoms with van der Waals surface area (Å²) in [4.78, 5) is 11.2. The zero-order valence-corrected chi connectivity index (χ0v) is 12.0. The van der Waals surface area contributed by atoms with Crippen molar-refractivity contribution in [1.82, 2.24) is 9.97 Å². The van der Waals surface area contributed by atoms with E-state index in [1.165, 1.54) is 0 Å². The van der Waals surface area contributed by atoms with Crippen molar-refractivity contribution in [2.75, 3.05) is 5.32 Å². The Bertz CT molecular complexity index is 392. The molecule has 1 rings (SSSR count). The first kappa shape index (κ1) is 14.7. The molecule has 1 aromatic rings. The number of halogens is 1. The molecule has 4 nitrogen and oxygen atoms in total. The first-order valence-corrected chi connectivity index (χ1v) is 4.23. The second-order valence-electron chi connectivity index (χ2n) is 2.69. The molecule has 0 fully saturated rings. The van der Waals surface area contributed by atoms with Gasteiger partial charge < -0.3 is 16.9 Å². The Kier molecular flexibility index (Phi) is 6.17. The van der Waals surface area contributed by atoms with Gasteiger partial charge in [0.25, 0.3) is 0 Å². The molecule has 0 aliphatic rings. The van der Waals surface area contributed by atoms with Crippen LogP contribution in [0.15, 0.2) is 10.8 Å². The zero-order valence-electron chi connectivity index (χ0n) is 8.45. The molecule has 15 heavy (non-hydrogen) atoms. The number of aryl methyl sites for hydroxylation is 1. The predicted molar refractivity (Wildman–Crippen MR) is 56.4 cm³/mol. The molecule has 1 aromatic heterocycles. The number of aromatic nitrogens is 2. The van der Waals surface area contributed by atoms with Crippen LogP contribution < -0.4 is 5.32 Å². The van der Waals surface area contributed by atoms with E-state index in [-0.39, 0.29) is 43.8 Å². The van der Waals surface area contributed by atoms with Gasteiger partial charge in [0.2, 0.25) is 5.28 Å². The fourth-order valence-corrected chi connectivity index (χ4v) is 1.08. The number of hydrogen-bond acceptors (Lipinski definition) is 4. The third kappa shape index (κ3) is 3.97. The van der Waals surface area contributed by atoms with E-state index in [0.717, 1.165) is 11.3 Å². The number of nitrogens with one attached hydrogen (secondary N) is 1. The maximum atomic E-state index is 5.67. The standard InChI is InChI=1S/C9H9ClN4.Y/c1-5-6(2)12-9(10)14-8(5)13-7(3)11-4;/h3-4H,1-2H3,(H,12,13,14);/q-2;. The van der Waals surface area contributed by atoms with Crippen LogP contribution in [-0.2, 0) is 32.7 Å². The number of hydrogen-bond donors (Lipinski definition) is 1. The van der Waals surface area contributed by atoms with Crippen molar-refractivity contribution in [3.05, 3.63) is 28.9 Å². The van der Waals surface area contributed by atoms with Crippen molar-refractivity contribution in [1.29, 1.82) is 0 Å². The van der Waals surface area contributed by atoms with Gasteiger partial charge in [-0.3, -0.25) is 0 Å². The summed E-state index contributed by atoms with van der Waals surface area (Å²) >= 11 is 5.67. The number of nitrogens with zero attached hydrogens (tertiary/aromatic N) is 3. The Balaban J connectivity index is 0.00000196. The van der Waals surface area contributed by atoms with Gasteiger partial charge in [-0.1, -0.05) is 0 Å². The van der Waals surface area contributed by atoms with E-state index >= 15 is 0 Å². The first-order chi connectivity index (χ1) is 6.54. The summed E-state index contributed by atoms with van der Waals surface area (Å²) < 4.78 is 0. The van der Waals surface area contributed by atoms with Gasteiger partial charge in [0.05, 0.1) is 0 Å². The van der Waals surface area contributed by atoms with E-state index in [9.17, 15) is 0 Å². The fourth-order valence-electron chi connectivity index (χ4n) is 0.870. The average molecular weight is 298 g/mol. The van der Waals surface area contributed by atoms with Gasteiger partial charge in [-0.25, -0.2) is 15.8 Å². The van der Waals surface area contributed by atoms with Crippen molar-refractivity contribution in [3.63, 3.8) is 0 Å². The molecule has 0 aromatic carbocycles. The van der Waals surface area contributed by atoms with E-state index < -0.39 is 0 Å². The monoisotopic (exact) mass is 297 g/mol. The Morgan fingerprint density at radius 3 is 2.53 bits per heavy atom. The van der Waals surface area contributed by atoms with Gasteiger partial charge in [-0.15, -0.1) is 0 Å². The van der Waals surface area contributed by atoms with E-state index in [1.54, 1.807) is 0 Å². The van der Waals surface area contributed by atoms with Crippen LogP contribution in [0.1, 0.15) is 11.3 Å². The van der Waals surface area contributed by atoms with Crippen LogP contribution in [0, 0.1) is 20.4 Å². The molecule has 0 saturated carbocycles. The normalized spacial score (nSPS) is 9.00. The van der Waals surface area contributed by atoms with Crippen LogP contribution in [0.5, 0.6) is 0 Å². The van der Waals surface area contributed by atoms with E-state index in [1.807, 2.05) is 13.8 Å². The van der Waals surface area contributed by atoms with E-state index in [0.29, 0.717) is 5.82 Å². The SMILES string of the molecule is [CH-]=NC(=[CH-])Nc1nc(Cl)nc(C)c1C.[Y]. The van der Waals surface area contributed by atoms with Crippen LogP contribution in [0.2, 0.25) is 5.28 Å². The fraction of sp³-hybridized carbons (Fsp3) is 0.222. The maximum absolute atomic E-state index is 5.67. The zero-order chi connectivity index (χ0) is 10.7. The Morgan fingerprint density at radius 1 is 1.40 bits per heavy atom. The Morgan fingerprint density at radius 2 is 2.00 bits per heavy atom. The van der Waals surface area contributed by atoms with Crippen LogP contribution in [0.25, 0.3) is 0 Å². The molecule has 1 heterocycles. The molecule has 1 radical (unpaired) electrons. The third-order valence-electron chi connectivity index (χ3n) is 1.75. The summed E-state index contributed by atoms with van der Waals surface area (Å²) in [7, 11) is 0. The minimum atomic E-state index is 0. The second-order valence-corrected chi connectivity index (χ2v) is 3.03. The number of aliphatic imine (C=N–C) groups is 1. The molecular weight excluding hydrogens is 288 g/mol. The second kappa shape index (κ2) is 6.31. The molecule has 0 saturated heterocycles. The van der Waals surface area contributed by atoms with Gasteiger partial charge in [0.15, 0.2) is 0 Å². The molecule has 0 aliphatic carbocycles. The van der Waals surface area contributed by atoms with Crippen LogP contribution in [0.3, 0.4) is 0 Å². The smallest absolute Gasteiger partial charge is 0.224 e. The summed E-state index contributed by atoms with van der Waals surface area (Å²) in [6.07, 6.45) is 0. The molecular formula is C9H9ClN4Y-2. The molecule has 77 valence electrons. The van der Waals surface area contributed by atoms with Crippen molar-refractivity contribution < 1.29 is 32.7 Å². The molecule has 0 unspecified atom stereocenters. The van der Waals surface area contributed by atoms with Crippen molar-refractivity contribution >= 4 is 24.1 Å². The molecule has 1 N–H and O–H groups in total. The van der Waals surface area contributed by atoms with Crippen LogP contribution >= 0.6 is 11.6 Å². The van der Waals surface area contributed by atoms with Crippen molar-refractivity contribution in [3.8, 4) is 0 Å². The summed E-state index contributed by atoms with van der Waals surface area (Å²) in [5.41, 5.74) is 1.62. The van der Waals surface area contributed by atoms with Crippen LogP contribution in [0.4, 0.5) is 5.82 Å². The maximum Gasteiger partial charge on any atom is 0.224 e. The predicted octanol–water partition coefficient (Wildman–Crippen LogP) is 2.01. The summed E-state index contributed by atoms with van der Waals surface area (Å²) in [6.45, 7) is 14.0. The van der Waals surface area contributed by atoms with Crippen molar-refractivity contribution in [2.24, 2.45) is 4.99 Å². The Labute approximate surface area is 119 Å². The molecule has 0 amide bonds. The molecule has 0 spiro atoms. The topological polar surface area (TPSA) is 50.2 Å². The van der Waals surface area contributed by atoms with E-state index in [2.05, 4.69) is 20.3 Å². The summed E-state index contributed by atoms with van der Waals surface area (Å²) in [5, 5.41) is 2.86. The van der Waals surface area contributed by atoms with E-state index in [4.69, 9.17) is 24.9 Å². The minimum absolute atomic E-state index is 0. The minimum Gasteiger partial charge on any atom is -0.577 e. The quantitative estimate of drug-likeness (QED) is 0.527. The van der Waals surface area contributed by atoms with Gasteiger partial charge in [-0.2, -0.15) is 6.72 Å².